The van der Waals surface area contributed by atoms with Crippen molar-refractivity contribution in [3.63, 3.8) is 0 Å². The van der Waals surface area contributed by atoms with E-state index in [4.69, 9.17) is 0 Å². The molecule has 0 radical (unpaired) electrons. The molecule has 0 amide bonds. The van der Waals surface area contributed by atoms with Gasteiger partial charge in [-0.3, -0.25) is 9.59 Å². The summed E-state index contributed by atoms with van der Waals surface area (Å²) in [4.78, 5) is 26.4. The molecular formula is C22H20O2. The summed E-state index contributed by atoms with van der Waals surface area (Å²) in [5, 5.41) is 0. The van der Waals surface area contributed by atoms with Gasteiger partial charge in [-0.05, 0) is 24.0 Å². The summed E-state index contributed by atoms with van der Waals surface area (Å²) in [7, 11) is 0. The van der Waals surface area contributed by atoms with E-state index >= 15 is 0 Å². The molecule has 0 saturated heterocycles. The number of benzene rings is 2. The van der Waals surface area contributed by atoms with Gasteiger partial charge in [0.25, 0.3) is 0 Å². The highest BCUT2D eigenvalue weighted by atomic mass is 16.1. The van der Waals surface area contributed by atoms with E-state index < -0.39 is 0 Å². The second-order valence-electron chi connectivity index (χ2n) is 5.80. The Morgan fingerprint density at radius 1 is 0.583 bits per heavy atom. The van der Waals surface area contributed by atoms with E-state index in [1.165, 1.54) is 0 Å². The van der Waals surface area contributed by atoms with Gasteiger partial charge in [-0.1, -0.05) is 74.5 Å². The topological polar surface area (TPSA) is 34.1 Å². The Morgan fingerprint density at radius 3 is 1.21 bits per heavy atom. The van der Waals surface area contributed by atoms with Crippen LogP contribution in [-0.4, -0.2) is 11.6 Å². The maximum absolute atomic E-state index is 13.2. The first kappa shape index (κ1) is 16.1. The van der Waals surface area contributed by atoms with Crippen molar-refractivity contribution in [2.45, 2.75) is 26.7 Å². The minimum Gasteiger partial charge on any atom is -0.289 e. The molecule has 0 heterocycles. The van der Waals surface area contributed by atoms with Crippen molar-refractivity contribution in [1.82, 2.24) is 0 Å². The molecule has 0 spiro atoms. The molecule has 2 aromatic carbocycles. The van der Waals surface area contributed by atoms with Crippen LogP contribution in [0.1, 0.15) is 37.8 Å². The van der Waals surface area contributed by atoms with Gasteiger partial charge >= 0.3 is 0 Å². The Labute approximate surface area is 142 Å². The van der Waals surface area contributed by atoms with Gasteiger partial charge in [0, 0.05) is 22.3 Å². The van der Waals surface area contributed by atoms with Crippen molar-refractivity contribution in [2.75, 3.05) is 0 Å². The van der Waals surface area contributed by atoms with E-state index in [0.29, 0.717) is 35.1 Å². The molecule has 0 aromatic heterocycles. The number of carbonyl (C=O) groups excluding carboxylic acids is 2. The van der Waals surface area contributed by atoms with Crippen molar-refractivity contribution >= 4 is 22.7 Å². The molecule has 2 heteroatoms. The fraction of sp³-hybridized carbons (Fsp3) is 0.182. The SMILES string of the molecule is CCC1=C(c2ccccc2)C(=O)C(CC)=C(c2ccccc2)C1=O. The van der Waals surface area contributed by atoms with Crippen LogP contribution in [-0.2, 0) is 9.59 Å². The summed E-state index contributed by atoms with van der Waals surface area (Å²) in [5.41, 5.74) is 4.01. The first-order valence-electron chi connectivity index (χ1n) is 8.35. The number of hydrogen-bond acceptors (Lipinski definition) is 2. The Bertz CT molecular complexity index is 767. The van der Waals surface area contributed by atoms with Gasteiger partial charge in [0.05, 0.1) is 0 Å². The zero-order valence-corrected chi connectivity index (χ0v) is 14.0. The third-order valence-corrected chi connectivity index (χ3v) is 4.44. The lowest BCUT2D eigenvalue weighted by atomic mass is 9.77. The van der Waals surface area contributed by atoms with Gasteiger partial charge in [-0.15, -0.1) is 0 Å². The van der Waals surface area contributed by atoms with E-state index in [2.05, 4.69) is 0 Å². The molecule has 1 aliphatic rings. The fourth-order valence-corrected chi connectivity index (χ4v) is 3.30. The van der Waals surface area contributed by atoms with Crippen molar-refractivity contribution < 1.29 is 9.59 Å². The Hall–Kier alpha value is -2.74. The predicted octanol–water partition coefficient (Wildman–Crippen LogP) is 4.87. The number of allylic oxidation sites excluding steroid dienone is 4. The monoisotopic (exact) mass is 316 g/mol. The molecule has 2 aromatic rings. The summed E-state index contributed by atoms with van der Waals surface area (Å²) in [6.45, 7) is 3.87. The van der Waals surface area contributed by atoms with Crippen LogP contribution >= 0.6 is 0 Å². The van der Waals surface area contributed by atoms with Gasteiger partial charge in [-0.25, -0.2) is 0 Å². The zero-order valence-electron chi connectivity index (χ0n) is 14.0. The van der Waals surface area contributed by atoms with Crippen LogP contribution < -0.4 is 0 Å². The molecule has 0 atom stereocenters. The molecule has 2 nitrogen and oxygen atoms in total. The van der Waals surface area contributed by atoms with Crippen LogP contribution in [0, 0.1) is 0 Å². The van der Waals surface area contributed by atoms with Crippen LogP contribution in [0.5, 0.6) is 0 Å². The smallest absolute Gasteiger partial charge is 0.190 e. The lowest BCUT2D eigenvalue weighted by Gasteiger charge is -2.23. The van der Waals surface area contributed by atoms with Gasteiger partial charge in [0.1, 0.15) is 0 Å². The largest absolute Gasteiger partial charge is 0.289 e. The summed E-state index contributed by atoms with van der Waals surface area (Å²) in [5.74, 6) is -0.0296. The minimum atomic E-state index is -0.0148. The predicted molar refractivity (Wildman–Crippen MR) is 97.3 cm³/mol. The van der Waals surface area contributed by atoms with Gasteiger partial charge in [0.15, 0.2) is 11.6 Å². The second-order valence-corrected chi connectivity index (χ2v) is 5.80. The van der Waals surface area contributed by atoms with E-state index in [-0.39, 0.29) is 11.6 Å². The van der Waals surface area contributed by atoms with Crippen LogP contribution in [0.3, 0.4) is 0 Å². The Balaban J connectivity index is 2.23. The highest BCUT2D eigenvalue weighted by Crippen LogP contribution is 2.38. The Kier molecular flexibility index (Phi) is 4.57. The molecule has 0 saturated carbocycles. The van der Waals surface area contributed by atoms with Gasteiger partial charge in [0.2, 0.25) is 0 Å². The highest BCUT2D eigenvalue weighted by Gasteiger charge is 2.33. The minimum absolute atomic E-state index is 0.0148. The van der Waals surface area contributed by atoms with Crippen LogP contribution in [0.4, 0.5) is 0 Å². The van der Waals surface area contributed by atoms with Crippen molar-refractivity contribution in [1.29, 1.82) is 0 Å². The highest BCUT2D eigenvalue weighted by molar-refractivity contribution is 6.48. The Morgan fingerprint density at radius 2 is 0.917 bits per heavy atom. The van der Waals surface area contributed by atoms with Crippen LogP contribution in [0.2, 0.25) is 0 Å². The summed E-state index contributed by atoms with van der Waals surface area (Å²) in [6.07, 6.45) is 1.09. The van der Waals surface area contributed by atoms with Crippen molar-refractivity contribution in [3.05, 3.63) is 82.9 Å². The molecule has 24 heavy (non-hydrogen) atoms. The molecule has 3 rings (SSSR count). The standard InChI is InChI=1S/C22H20O2/c1-3-17-19(15-11-7-5-8-12-15)22(24)18(4-2)20(21(17)23)16-13-9-6-10-14-16/h5-14H,3-4H2,1-2H3. The molecule has 1 aliphatic carbocycles. The summed E-state index contributed by atoms with van der Waals surface area (Å²) >= 11 is 0. The van der Waals surface area contributed by atoms with Gasteiger partial charge < -0.3 is 0 Å². The average Bonchev–Trinajstić information content (AvgIpc) is 2.64. The molecule has 0 bridgehead atoms. The zero-order chi connectivity index (χ0) is 17.1. The number of Topliss-reactive ketones (excluding diaryl/α,β-unsaturated/α-hetero) is 2. The number of rotatable bonds is 4. The molecule has 0 N–H and O–H groups in total. The first-order chi connectivity index (χ1) is 11.7. The van der Waals surface area contributed by atoms with E-state index in [1.807, 2.05) is 74.5 Å². The van der Waals surface area contributed by atoms with Crippen molar-refractivity contribution in [3.8, 4) is 0 Å². The van der Waals surface area contributed by atoms with Crippen molar-refractivity contribution in [2.24, 2.45) is 0 Å². The van der Waals surface area contributed by atoms with E-state index in [9.17, 15) is 9.59 Å². The fourth-order valence-electron chi connectivity index (χ4n) is 3.30. The maximum Gasteiger partial charge on any atom is 0.190 e. The molecule has 0 unspecified atom stereocenters. The number of hydrogen-bond donors (Lipinski definition) is 0. The summed E-state index contributed by atoms with van der Waals surface area (Å²) in [6, 6.07) is 19.0. The quantitative estimate of drug-likeness (QED) is 0.754. The molecular weight excluding hydrogens is 296 g/mol. The van der Waals surface area contributed by atoms with Crippen LogP contribution in [0.25, 0.3) is 11.1 Å². The van der Waals surface area contributed by atoms with Crippen LogP contribution in [0.15, 0.2) is 71.8 Å². The molecule has 120 valence electrons. The lowest BCUT2D eigenvalue weighted by Crippen LogP contribution is -2.22. The lowest BCUT2D eigenvalue weighted by molar-refractivity contribution is -0.114. The normalized spacial score (nSPS) is 15.2. The van der Waals surface area contributed by atoms with E-state index in [1.54, 1.807) is 0 Å². The number of carbonyl (C=O) groups is 2. The summed E-state index contributed by atoms with van der Waals surface area (Å²) < 4.78 is 0. The average molecular weight is 316 g/mol. The number of ketones is 2. The maximum atomic E-state index is 13.2. The first-order valence-corrected chi connectivity index (χ1v) is 8.35. The van der Waals surface area contributed by atoms with Gasteiger partial charge in [-0.2, -0.15) is 0 Å². The van der Waals surface area contributed by atoms with E-state index in [0.717, 1.165) is 11.1 Å². The second kappa shape index (κ2) is 6.79. The molecule has 0 fully saturated rings. The third kappa shape index (κ3) is 2.65. The third-order valence-electron chi connectivity index (χ3n) is 4.44. The molecule has 0 aliphatic heterocycles.